The fraction of sp³-hybridized carbons (Fsp3) is 0. The zero-order valence-corrected chi connectivity index (χ0v) is 11.3. The zero-order chi connectivity index (χ0) is 13.3. The summed E-state index contributed by atoms with van der Waals surface area (Å²) in [6, 6.07) is 6.61. The van der Waals surface area contributed by atoms with E-state index >= 15 is 0 Å². The van der Waals surface area contributed by atoms with Crippen LogP contribution in [0.2, 0.25) is 5.02 Å². The third kappa shape index (κ3) is 2.73. The summed E-state index contributed by atoms with van der Waals surface area (Å²) in [6.07, 6.45) is 0. The standard InChI is InChI=1S/C12H8BrClF2N2/c13-7-3-6(15)1-2-11(7)18-12-5-9(16)8(14)4-10(12)17/h1-5,18H,17H2. The molecule has 0 aliphatic rings. The van der Waals surface area contributed by atoms with Gasteiger partial charge in [-0.25, -0.2) is 8.78 Å². The van der Waals surface area contributed by atoms with Crippen molar-refractivity contribution in [1.29, 1.82) is 0 Å². The van der Waals surface area contributed by atoms with Gasteiger partial charge in [-0.1, -0.05) is 11.6 Å². The van der Waals surface area contributed by atoms with Crippen LogP contribution in [0.1, 0.15) is 0 Å². The van der Waals surface area contributed by atoms with E-state index in [4.69, 9.17) is 17.3 Å². The van der Waals surface area contributed by atoms with E-state index in [0.717, 1.165) is 0 Å². The van der Waals surface area contributed by atoms with Gasteiger partial charge in [-0.05, 0) is 40.2 Å². The van der Waals surface area contributed by atoms with Crippen LogP contribution in [0.15, 0.2) is 34.8 Å². The number of hydrogen-bond donors (Lipinski definition) is 2. The van der Waals surface area contributed by atoms with Gasteiger partial charge in [0.1, 0.15) is 11.6 Å². The molecule has 3 N–H and O–H groups in total. The highest BCUT2D eigenvalue weighted by Crippen LogP contribution is 2.31. The maximum absolute atomic E-state index is 13.3. The molecule has 0 unspecified atom stereocenters. The number of hydrogen-bond acceptors (Lipinski definition) is 2. The summed E-state index contributed by atoms with van der Waals surface area (Å²) in [6.45, 7) is 0. The van der Waals surface area contributed by atoms with Crippen molar-refractivity contribution >= 4 is 44.6 Å². The molecule has 0 aliphatic carbocycles. The monoisotopic (exact) mass is 332 g/mol. The minimum atomic E-state index is -0.577. The van der Waals surface area contributed by atoms with E-state index < -0.39 is 5.82 Å². The second-order valence-electron chi connectivity index (χ2n) is 3.60. The number of nitrogens with one attached hydrogen (secondary N) is 1. The summed E-state index contributed by atoms with van der Waals surface area (Å²) in [4.78, 5) is 0. The van der Waals surface area contributed by atoms with Gasteiger partial charge >= 0.3 is 0 Å². The average Bonchev–Trinajstić information content (AvgIpc) is 2.29. The number of benzene rings is 2. The Kier molecular flexibility index (Phi) is 3.73. The van der Waals surface area contributed by atoms with Crippen LogP contribution in [0, 0.1) is 11.6 Å². The molecule has 0 saturated carbocycles. The maximum atomic E-state index is 13.3. The summed E-state index contributed by atoms with van der Waals surface area (Å²) >= 11 is 8.80. The Morgan fingerprint density at radius 2 is 1.83 bits per heavy atom. The minimum Gasteiger partial charge on any atom is -0.397 e. The molecule has 0 aliphatic heterocycles. The van der Waals surface area contributed by atoms with Gasteiger partial charge in [0.15, 0.2) is 0 Å². The van der Waals surface area contributed by atoms with Crippen LogP contribution in [0.5, 0.6) is 0 Å². The molecule has 0 fully saturated rings. The summed E-state index contributed by atoms with van der Waals surface area (Å²) in [5.74, 6) is -0.950. The molecule has 0 saturated heterocycles. The summed E-state index contributed by atoms with van der Waals surface area (Å²) in [7, 11) is 0. The molecule has 94 valence electrons. The molecule has 2 aromatic carbocycles. The first-order chi connectivity index (χ1) is 8.47. The van der Waals surface area contributed by atoms with Crippen molar-refractivity contribution in [2.45, 2.75) is 0 Å². The Hall–Kier alpha value is -1.33. The first-order valence-electron chi connectivity index (χ1n) is 4.94. The van der Waals surface area contributed by atoms with E-state index in [0.29, 0.717) is 21.5 Å². The quantitative estimate of drug-likeness (QED) is 0.781. The molecule has 0 heterocycles. The number of halogens is 4. The average molecular weight is 334 g/mol. The van der Waals surface area contributed by atoms with E-state index in [1.165, 1.54) is 30.3 Å². The Bertz CT molecular complexity index is 605. The largest absolute Gasteiger partial charge is 0.397 e. The van der Waals surface area contributed by atoms with E-state index in [-0.39, 0.29) is 10.8 Å². The molecule has 6 heteroatoms. The van der Waals surface area contributed by atoms with E-state index in [2.05, 4.69) is 21.2 Å². The minimum absolute atomic E-state index is 0.0452. The van der Waals surface area contributed by atoms with Gasteiger partial charge < -0.3 is 11.1 Å². The highest BCUT2D eigenvalue weighted by Gasteiger charge is 2.08. The topological polar surface area (TPSA) is 38.0 Å². The number of nitrogens with two attached hydrogens (primary N) is 1. The third-order valence-electron chi connectivity index (χ3n) is 2.29. The SMILES string of the molecule is Nc1cc(Cl)c(F)cc1Nc1ccc(F)cc1Br. The molecule has 2 rings (SSSR count). The molecular weight excluding hydrogens is 325 g/mol. The third-order valence-corrected chi connectivity index (χ3v) is 3.24. The molecule has 2 nitrogen and oxygen atoms in total. The molecule has 0 spiro atoms. The lowest BCUT2D eigenvalue weighted by molar-refractivity contribution is 0.627. The van der Waals surface area contributed by atoms with Crippen molar-refractivity contribution in [3.05, 3.63) is 51.5 Å². The zero-order valence-electron chi connectivity index (χ0n) is 8.98. The first kappa shape index (κ1) is 13.1. The van der Waals surface area contributed by atoms with Crippen LogP contribution >= 0.6 is 27.5 Å². The van der Waals surface area contributed by atoms with Gasteiger partial charge in [0, 0.05) is 10.5 Å². The van der Waals surface area contributed by atoms with Crippen molar-refractivity contribution in [1.82, 2.24) is 0 Å². The number of anilines is 3. The van der Waals surface area contributed by atoms with Gasteiger partial charge in [0.2, 0.25) is 0 Å². The van der Waals surface area contributed by atoms with E-state index in [9.17, 15) is 8.78 Å². The molecule has 18 heavy (non-hydrogen) atoms. The fourth-order valence-electron chi connectivity index (χ4n) is 1.41. The molecule has 0 amide bonds. The van der Waals surface area contributed by atoms with Crippen LogP contribution in [0.4, 0.5) is 25.8 Å². The Morgan fingerprint density at radius 1 is 1.11 bits per heavy atom. The molecule has 0 aromatic heterocycles. The van der Waals surface area contributed by atoms with Crippen LogP contribution in [0.25, 0.3) is 0 Å². The van der Waals surface area contributed by atoms with Gasteiger partial charge in [-0.2, -0.15) is 0 Å². The van der Waals surface area contributed by atoms with Crippen LogP contribution in [0.3, 0.4) is 0 Å². The smallest absolute Gasteiger partial charge is 0.144 e. The summed E-state index contributed by atoms with van der Waals surface area (Å²) in [5.41, 5.74) is 6.96. The van der Waals surface area contributed by atoms with Crippen molar-refractivity contribution < 1.29 is 8.78 Å². The highest BCUT2D eigenvalue weighted by atomic mass is 79.9. The van der Waals surface area contributed by atoms with E-state index in [1.54, 1.807) is 0 Å². The first-order valence-corrected chi connectivity index (χ1v) is 6.11. The summed E-state index contributed by atoms with van der Waals surface area (Å²) < 4.78 is 26.8. The Morgan fingerprint density at radius 3 is 2.50 bits per heavy atom. The predicted molar refractivity (Wildman–Crippen MR) is 73.2 cm³/mol. The van der Waals surface area contributed by atoms with Crippen molar-refractivity contribution in [3.63, 3.8) is 0 Å². The number of rotatable bonds is 2. The van der Waals surface area contributed by atoms with E-state index in [1.807, 2.05) is 0 Å². The second-order valence-corrected chi connectivity index (χ2v) is 4.86. The molecule has 0 bridgehead atoms. The molecule has 0 atom stereocenters. The molecule has 0 radical (unpaired) electrons. The summed E-state index contributed by atoms with van der Waals surface area (Å²) in [5, 5.41) is 2.85. The van der Waals surface area contributed by atoms with Crippen LogP contribution in [-0.4, -0.2) is 0 Å². The second kappa shape index (κ2) is 5.12. The van der Waals surface area contributed by atoms with Gasteiger partial charge in [0.05, 0.1) is 22.1 Å². The van der Waals surface area contributed by atoms with Crippen molar-refractivity contribution in [2.24, 2.45) is 0 Å². The fourth-order valence-corrected chi connectivity index (χ4v) is 2.03. The van der Waals surface area contributed by atoms with Crippen LogP contribution in [-0.2, 0) is 0 Å². The van der Waals surface area contributed by atoms with Gasteiger partial charge in [-0.15, -0.1) is 0 Å². The predicted octanol–water partition coefficient (Wildman–Crippen LogP) is 4.71. The lowest BCUT2D eigenvalue weighted by Crippen LogP contribution is -1.98. The highest BCUT2D eigenvalue weighted by molar-refractivity contribution is 9.10. The number of nitrogen functional groups attached to an aromatic ring is 1. The van der Waals surface area contributed by atoms with Crippen molar-refractivity contribution in [2.75, 3.05) is 11.1 Å². The maximum Gasteiger partial charge on any atom is 0.144 e. The Balaban J connectivity index is 2.37. The lowest BCUT2D eigenvalue weighted by atomic mass is 10.2. The van der Waals surface area contributed by atoms with Crippen molar-refractivity contribution in [3.8, 4) is 0 Å². The van der Waals surface area contributed by atoms with Gasteiger partial charge in [-0.3, -0.25) is 0 Å². The van der Waals surface area contributed by atoms with Crippen LogP contribution < -0.4 is 11.1 Å². The lowest BCUT2D eigenvalue weighted by Gasteiger charge is -2.11. The van der Waals surface area contributed by atoms with Gasteiger partial charge in [0.25, 0.3) is 0 Å². The molecular formula is C12H8BrClF2N2. The normalized spacial score (nSPS) is 10.4. The molecule has 2 aromatic rings. The Labute approximate surface area is 116 Å².